The van der Waals surface area contributed by atoms with Crippen molar-refractivity contribution in [2.75, 3.05) is 35.3 Å². The van der Waals surface area contributed by atoms with E-state index >= 15 is 0 Å². The van der Waals surface area contributed by atoms with E-state index in [1.54, 1.807) is 0 Å². The molecule has 138 valence electrons. The minimum Gasteiger partial charge on any atom is -0.367 e. The van der Waals surface area contributed by atoms with Gasteiger partial charge in [0.2, 0.25) is 0 Å². The van der Waals surface area contributed by atoms with E-state index in [4.69, 9.17) is 0 Å². The van der Waals surface area contributed by atoms with E-state index in [0.29, 0.717) is 6.54 Å². The number of nitrogens with one attached hydrogen (secondary N) is 2. The predicted octanol–water partition coefficient (Wildman–Crippen LogP) is 2.42. The second-order valence-corrected chi connectivity index (χ2v) is 8.73. The molecule has 0 saturated heterocycles. The Hall–Kier alpha value is -2.54. The van der Waals surface area contributed by atoms with E-state index in [2.05, 4.69) is 33.7 Å². The number of carbonyl (C=O) groups excluding carboxylic acids is 1. The maximum atomic E-state index is 12.1. The van der Waals surface area contributed by atoms with Crippen LogP contribution in [0.2, 0.25) is 0 Å². The van der Waals surface area contributed by atoms with Gasteiger partial charge in [0.05, 0.1) is 5.75 Å². The summed E-state index contributed by atoms with van der Waals surface area (Å²) in [6, 6.07) is 15.6. The third-order valence-corrected chi connectivity index (χ3v) is 5.31. The Morgan fingerprint density at radius 2 is 1.85 bits per heavy atom. The zero-order chi connectivity index (χ0) is 18.6. The van der Waals surface area contributed by atoms with Crippen LogP contribution in [-0.2, 0) is 22.8 Å². The summed E-state index contributed by atoms with van der Waals surface area (Å²) < 4.78 is 22.3. The number of nitrogens with zero attached hydrogens (tertiary/aromatic N) is 1. The SMILES string of the molecule is CS(=O)(=O)CCNC(=O)Nc1ccccc1CN1CCc2ccccc21. The molecular weight excluding hydrogens is 350 g/mol. The molecule has 2 amide bonds. The zero-order valence-electron chi connectivity index (χ0n) is 14.7. The van der Waals surface area contributed by atoms with Gasteiger partial charge in [0.1, 0.15) is 9.84 Å². The minimum absolute atomic E-state index is 0.0768. The van der Waals surface area contributed by atoms with Crippen molar-refractivity contribution in [3.05, 3.63) is 59.7 Å². The van der Waals surface area contributed by atoms with E-state index in [-0.39, 0.29) is 12.3 Å². The van der Waals surface area contributed by atoms with Gasteiger partial charge in [-0.25, -0.2) is 13.2 Å². The molecule has 0 spiro atoms. The van der Waals surface area contributed by atoms with Crippen molar-refractivity contribution < 1.29 is 13.2 Å². The van der Waals surface area contributed by atoms with Crippen LogP contribution in [-0.4, -0.2) is 39.5 Å². The van der Waals surface area contributed by atoms with E-state index in [9.17, 15) is 13.2 Å². The molecule has 1 aliphatic rings. The first-order valence-electron chi connectivity index (χ1n) is 8.56. The Labute approximate surface area is 154 Å². The quantitative estimate of drug-likeness (QED) is 0.815. The summed E-state index contributed by atoms with van der Waals surface area (Å²) in [7, 11) is -3.09. The number of benzene rings is 2. The number of anilines is 2. The van der Waals surface area contributed by atoms with Gasteiger partial charge in [-0.05, 0) is 29.7 Å². The number of para-hydroxylation sites is 2. The Morgan fingerprint density at radius 1 is 1.12 bits per heavy atom. The fourth-order valence-corrected chi connectivity index (χ4v) is 3.55. The van der Waals surface area contributed by atoms with Gasteiger partial charge in [-0.15, -0.1) is 0 Å². The second kappa shape index (κ2) is 7.78. The summed E-state index contributed by atoms with van der Waals surface area (Å²) in [5, 5.41) is 5.40. The maximum absolute atomic E-state index is 12.1. The third-order valence-electron chi connectivity index (χ3n) is 4.37. The van der Waals surface area contributed by atoms with Crippen molar-refractivity contribution in [1.82, 2.24) is 5.32 Å². The van der Waals surface area contributed by atoms with Gasteiger partial charge in [-0.3, -0.25) is 0 Å². The molecule has 0 aliphatic carbocycles. The molecule has 2 N–H and O–H groups in total. The highest BCUT2D eigenvalue weighted by Gasteiger charge is 2.19. The molecule has 6 nitrogen and oxygen atoms in total. The molecule has 1 aliphatic heterocycles. The number of hydrogen-bond acceptors (Lipinski definition) is 4. The zero-order valence-corrected chi connectivity index (χ0v) is 15.6. The molecule has 2 aromatic rings. The number of carbonyl (C=O) groups is 1. The predicted molar refractivity (Wildman–Crippen MR) is 104 cm³/mol. The molecule has 0 aromatic heterocycles. The number of fused-ring (bicyclic) bond motifs is 1. The lowest BCUT2D eigenvalue weighted by molar-refractivity contribution is 0.252. The molecule has 26 heavy (non-hydrogen) atoms. The molecule has 1 heterocycles. The van der Waals surface area contributed by atoms with Gasteiger partial charge in [0.25, 0.3) is 0 Å². The van der Waals surface area contributed by atoms with Crippen LogP contribution < -0.4 is 15.5 Å². The molecular formula is C19H23N3O3S. The van der Waals surface area contributed by atoms with Crippen LogP contribution in [0.5, 0.6) is 0 Å². The average Bonchev–Trinajstić information content (AvgIpc) is 2.99. The van der Waals surface area contributed by atoms with Crippen molar-refractivity contribution in [3.8, 4) is 0 Å². The summed E-state index contributed by atoms with van der Waals surface area (Å²) in [6.07, 6.45) is 2.17. The van der Waals surface area contributed by atoms with Crippen molar-refractivity contribution >= 4 is 27.2 Å². The van der Waals surface area contributed by atoms with Crippen molar-refractivity contribution in [1.29, 1.82) is 0 Å². The standard InChI is InChI=1S/C19H23N3O3S/c1-26(24,25)13-11-20-19(23)21-17-8-4-2-7-16(17)14-22-12-10-15-6-3-5-9-18(15)22/h2-9H,10-14H2,1H3,(H2,20,21,23). The van der Waals surface area contributed by atoms with Crippen LogP contribution in [0.3, 0.4) is 0 Å². The smallest absolute Gasteiger partial charge is 0.319 e. The summed E-state index contributed by atoms with van der Waals surface area (Å²) >= 11 is 0. The van der Waals surface area contributed by atoms with Crippen LogP contribution in [0.25, 0.3) is 0 Å². The molecule has 7 heteroatoms. The second-order valence-electron chi connectivity index (χ2n) is 6.47. The van der Waals surface area contributed by atoms with Gasteiger partial charge in [0.15, 0.2) is 0 Å². The minimum atomic E-state index is -3.09. The number of rotatable bonds is 6. The highest BCUT2D eigenvalue weighted by Crippen LogP contribution is 2.30. The molecule has 2 aromatic carbocycles. The highest BCUT2D eigenvalue weighted by atomic mass is 32.2. The summed E-state index contributed by atoms with van der Waals surface area (Å²) in [4.78, 5) is 14.4. The molecule has 0 bridgehead atoms. The van der Waals surface area contributed by atoms with Crippen molar-refractivity contribution in [2.45, 2.75) is 13.0 Å². The Morgan fingerprint density at radius 3 is 2.65 bits per heavy atom. The van der Waals surface area contributed by atoms with Crippen LogP contribution in [0.1, 0.15) is 11.1 Å². The Kier molecular flexibility index (Phi) is 5.46. The lowest BCUT2D eigenvalue weighted by Gasteiger charge is -2.21. The third kappa shape index (κ3) is 4.76. The first kappa shape index (κ1) is 18.3. The highest BCUT2D eigenvalue weighted by molar-refractivity contribution is 7.90. The molecule has 0 fully saturated rings. The number of hydrogen-bond donors (Lipinski definition) is 2. The van der Waals surface area contributed by atoms with E-state index in [1.165, 1.54) is 11.3 Å². The van der Waals surface area contributed by atoms with E-state index in [1.807, 2.05) is 30.3 Å². The van der Waals surface area contributed by atoms with Gasteiger partial charge < -0.3 is 15.5 Å². The van der Waals surface area contributed by atoms with Gasteiger partial charge in [-0.2, -0.15) is 0 Å². The first-order chi connectivity index (χ1) is 12.4. The Balaban J connectivity index is 1.64. The number of urea groups is 1. The lowest BCUT2D eigenvalue weighted by Crippen LogP contribution is -2.33. The van der Waals surface area contributed by atoms with Gasteiger partial charge in [0, 0.05) is 37.3 Å². The van der Waals surface area contributed by atoms with Gasteiger partial charge in [-0.1, -0.05) is 36.4 Å². The maximum Gasteiger partial charge on any atom is 0.319 e. The van der Waals surface area contributed by atoms with E-state index < -0.39 is 15.9 Å². The molecule has 0 radical (unpaired) electrons. The summed E-state index contributed by atoms with van der Waals surface area (Å²) in [5.41, 5.74) is 4.33. The molecule has 0 unspecified atom stereocenters. The first-order valence-corrected chi connectivity index (χ1v) is 10.6. The monoisotopic (exact) mass is 373 g/mol. The van der Waals surface area contributed by atoms with Crippen molar-refractivity contribution in [3.63, 3.8) is 0 Å². The topological polar surface area (TPSA) is 78.5 Å². The largest absolute Gasteiger partial charge is 0.367 e. The molecule has 3 rings (SSSR count). The van der Waals surface area contributed by atoms with Gasteiger partial charge >= 0.3 is 6.03 Å². The number of amides is 2. The van der Waals surface area contributed by atoms with Crippen LogP contribution in [0.15, 0.2) is 48.5 Å². The van der Waals surface area contributed by atoms with E-state index in [0.717, 1.165) is 30.5 Å². The lowest BCUT2D eigenvalue weighted by atomic mass is 10.1. The normalized spacial score (nSPS) is 13.3. The average molecular weight is 373 g/mol. The van der Waals surface area contributed by atoms with Crippen molar-refractivity contribution in [2.24, 2.45) is 0 Å². The van der Waals surface area contributed by atoms with Crippen LogP contribution >= 0.6 is 0 Å². The Bertz CT molecular complexity index is 896. The van der Waals surface area contributed by atoms with Crippen LogP contribution in [0, 0.1) is 0 Å². The molecule has 0 atom stereocenters. The number of sulfone groups is 1. The fraction of sp³-hybridized carbons (Fsp3) is 0.316. The fourth-order valence-electron chi connectivity index (χ4n) is 3.07. The molecule has 0 saturated carbocycles. The van der Waals surface area contributed by atoms with Crippen LogP contribution in [0.4, 0.5) is 16.2 Å². The summed E-state index contributed by atoms with van der Waals surface area (Å²) in [5.74, 6) is -0.0768. The summed E-state index contributed by atoms with van der Waals surface area (Å²) in [6.45, 7) is 1.75.